The summed E-state index contributed by atoms with van der Waals surface area (Å²) in [7, 11) is 0. The maximum Gasteiger partial charge on any atom is 0.0386 e. The fourth-order valence-corrected chi connectivity index (χ4v) is 2.83. The number of hydrogen-bond acceptors (Lipinski definition) is 0. The minimum atomic E-state index is 0.510. The van der Waals surface area contributed by atoms with Gasteiger partial charge in [-0.05, 0) is 24.7 Å². The Morgan fingerprint density at radius 3 is 2.50 bits per heavy atom. The van der Waals surface area contributed by atoms with Crippen LogP contribution >= 0.6 is 31.9 Å². The number of rotatable bonds is 3. The lowest BCUT2D eigenvalue weighted by Gasteiger charge is -2.02. The van der Waals surface area contributed by atoms with Crippen molar-refractivity contribution in [2.75, 3.05) is 5.33 Å². The van der Waals surface area contributed by atoms with Crippen LogP contribution in [0.2, 0.25) is 0 Å². The van der Waals surface area contributed by atoms with Crippen LogP contribution in [0.25, 0.3) is 0 Å². The molecule has 2 saturated carbocycles. The van der Waals surface area contributed by atoms with Crippen LogP contribution in [-0.2, 0) is 0 Å². The molecule has 0 aliphatic heterocycles. The Balaban J connectivity index is 1.77. The molecular weight excluding hydrogens is 256 g/mol. The Bertz CT molecular complexity index is 142. The standard InChI is InChI=1S/C8H12Br2/c9-5-8(10)4-7(8)3-6-1-2-6/h6-7H,1-5H2. The van der Waals surface area contributed by atoms with Crippen LogP contribution in [0.1, 0.15) is 25.7 Å². The molecule has 0 bridgehead atoms. The first-order chi connectivity index (χ1) is 4.74. The average Bonchev–Trinajstić information content (AvgIpc) is 2.77. The average molecular weight is 268 g/mol. The minimum absolute atomic E-state index is 0.510. The predicted molar refractivity (Wildman–Crippen MR) is 50.9 cm³/mol. The normalized spacial score (nSPS) is 45.6. The lowest BCUT2D eigenvalue weighted by atomic mass is 10.2. The molecule has 2 atom stereocenters. The summed E-state index contributed by atoms with van der Waals surface area (Å²) in [5.74, 6) is 2.09. The molecule has 0 N–H and O–H groups in total. The largest absolute Gasteiger partial charge is 0.0913 e. The molecule has 2 heteroatoms. The molecule has 0 heterocycles. The van der Waals surface area contributed by atoms with E-state index in [1.54, 1.807) is 0 Å². The number of alkyl halides is 2. The molecule has 0 spiro atoms. The van der Waals surface area contributed by atoms with E-state index in [-0.39, 0.29) is 0 Å². The summed E-state index contributed by atoms with van der Waals surface area (Å²) in [6.07, 6.45) is 5.88. The van der Waals surface area contributed by atoms with Crippen molar-refractivity contribution in [2.24, 2.45) is 11.8 Å². The second-order valence-electron chi connectivity index (χ2n) is 3.75. The summed E-state index contributed by atoms with van der Waals surface area (Å²) in [4.78, 5) is 0. The van der Waals surface area contributed by atoms with Gasteiger partial charge in [0.15, 0.2) is 0 Å². The predicted octanol–water partition coefficient (Wildman–Crippen LogP) is 3.34. The van der Waals surface area contributed by atoms with E-state index in [0.717, 1.165) is 17.2 Å². The van der Waals surface area contributed by atoms with Gasteiger partial charge in [-0.15, -0.1) is 0 Å². The van der Waals surface area contributed by atoms with E-state index in [4.69, 9.17) is 0 Å². The zero-order chi connectivity index (χ0) is 7.19. The highest BCUT2D eigenvalue weighted by atomic mass is 79.9. The molecule has 0 nitrogen and oxygen atoms in total. The molecule has 0 radical (unpaired) electrons. The first kappa shape index (κ1) is 7.60. The Kier molecular flexibility index (Phi) is 1.88. The monoisotopic (exact) mass is 266 g/mol. The van der Waals surface area contributed by atoms with Crippen LogP contribution in [0, 0.1) is 11.8 Å². The van der Waals surface area contributed by atoms with Gasteiger partial charge in [-0.1, -0.05) is 44.7 Å². The van der Waals surface area contributed by atoms with E-state index in [0.29, 0.717) is 4.32 Å². The Morgan fingerprint density at radius 2 is 2.10 bits per heavy atom. The molecule has 2 unspecified atom stereocenters. The van der Waals surface area contributed by atoms with E-state index in [1.807, 2.05) is 0 Å². The second kappa shape index (κ2) is 2.48. The molecule has 2 rings (SSSR count). The van der Waals surface area contributed by atoms with Gasteiger partial charge in [-0.25, -0.2) is 0 Å². The molecule has 0 amide bonds. The molecule has 0 aromatic heterocycles. The Hall–Kier alpha value is 0.960. The smallest absolute Gasteiger partial charge is 0.0386 e. The summed E-state index contributed by atoms with van der Waals surface area (Å²) in [5.41, 5.74) is 0. The van der Waals surface area contributed by atoms with E-state index >= 15 is 0 Å². The molecule has 0 aromatic carbocycles. The summed E-state index contributed by atoms with van der Waals surface area (Å²) in [6, 6.07) is 0. The van der Waals surface area contributed by atoms with Gasteiger partial charge >= 0.3 is 0 Å². The summed E-state index contributed by atoms with van der Waals surface area (Å²) >= 11 is 7.30. The quantitative estimate of drug-likeness (QED) is 0.688. The molecule has 0 saturated heterocycles. The highest BCUT2D eigenvalue weighted by Crippen LogP contribution is 2.57. The summed E-state index contributed by atoms with van der Waals surface area (Å²) in [6.45, 7) is 0. The molecule has 2 fully saturated rings. The number of hydrogen-bond donors (Lipinski definition) is 0. The molecule has 58 valence electrons. The molecule has 2 aliphatic carbocycles. The maximum absolute atomic E-state index is 3.76. The van der Waals surface area contributed by atoms with E-state index in [9.17, 15) is 0 Å². The molecule has 10 heavy (non-hydrogen) atoms. The topological polar surface area (TPSA) is 0 Å². The van der Waals surface area contributed by atoms with Gasteiger partial charge in [0.1, 0.15) is 0 Å². The first-order valence-corrected chi connectivity index (χ1v) is 5.91. The first-order valence-electron chi connectivity index (χ1n) is 3.99. The fourth-order valence-electron chi connectivity index (χ4n) is 1.56. The Labute approximate surface area is 79.0 Å². The van der Waals surface area contributed by atoms with Crippen molar-refractivity contribution in [1.82, 2.24) is 0 Å². The SMILES string of the molecule is BrCC1(Br)CC1CC1CC1. The maximum atomic E-state index is 3.76. The van der Waals surface area contributed by atoms with Gasteiger partial charge in [-0.3, -0.25) is 0 Å². The third-order valence-electron chi connectivity index (χ3n) is 2.69. The van der Waals surface area contributed by atoms with Crippen molar-refractivity contribution in [3.8, 4) is 0 Å². The lowest BCUT2D eigenvalue weighted by molar-refractivity contribution is 0.633. The van der Waals surface area contributed by atoms with E-state index in [1.165, 1.54) is 25.7 Å². The van der Waals surface area contributed by atoms with E-state index < -0.39 is 0 Å². The molecule has 2 aliphatic rings. The van der Waals surface area contributed by atoms with Crippen LogP contribution in [0.5, 0.6) is 0 Å². The third kappa shape index (κ3) is 1.42. The van der Waals surface area contributed by atoms with Crippen molar-refractivity contribution in [3.63, 3.8) is 0 Å². The van der Waals surface area contributed by atoms with Gasteiger partial charge in [0.2, 0.25) is 0 Å². The van der Waals surface area contributed by atoms with Crippen molar-refractivity contribution in [2.45, 2.75) is 30.0 Å². The molecular formula is C8H12Br2. The zero-order valence-electron chi connectivity index (χ0n) is 5.95. The minimum Gasteiger partial charge on any atom is -0.0913 e. The van der Waals surface area contributed by atoms with Crippen molar-refractivity contribution in [1.29, 1.82) is 0 Å². The highest BCUT2D eigenvalue weighted by molar-refractivity contribution is 9.12. The van der Waals surface area contributed by atoms with Gasteiger partial charge in [0, 0.05) is 9.65 Å². The third-order valence-corrected chi connectivity index (χ3v) is 5.70. The zero-order valence-corrected chi connectivity index (χ0v) is 9.12. The lowest BCUT2D eigenvalue weighted by Crippen LogP contribution is -2.02. The van der Waals surface area contributed by atoms with Crippen LogP contribution in [0.4, 0.5) is 0 Å². The van der Waals surface area contributed by atoms with Gasteiger partial charge in [0.25, 0.3) is 0 Å². The second-order valence-corrected chi connectivity index (χ2v) is 5.89. The van der Waals surface area contributed by atoms with Crippen LogP contribution in [-0.4, -0.2) is 9.65 Å². The van der Waals surface area contributed by atoms with Crippen LogP contribution in [0.3, 0.4) is 0 Å². The van der Waals surface area contributed by atoms with E-state index in [2.05, 4.69) is 31.9 Å². The molecule has 0 aromatic rings. The van der Waals surface area contributed by atoms with Gasteiger partial charge in [-0.2, -0.15) is 0 Å². The number of halogens is 2. The van der Waals surface area contributed by atoms with Gasteiger partial charge < -0.3 is 0 Å². The van der Waals surface area contributed by atoms with Crippen molar-refractivity contribution < 1.29 is 0 Å². The van der Waals surface area contributed by atoms with Crippen LogP contribution in [0.15, 0.2) is 0 Å². The summed E-state index contributed by atoms with van der Waals surface area (Å²) in [5, 5.41) is 1.14. The summed E-state index contributed by atoms with van der Waals surface area (Å²) < 4.78 is 0.510. The fraction of sp³-hybridized carbons (Fsp3) is 1.00. The van der Waals surface area contributed by atoms with Crippen molar-refractivity contribution in [3.05, 3.63) is 0 Å². The van der Waals surface area contributed by atoms with Crippen LogP contribution < -0.4 is 0 Å². The van der Waals surface area contributed by atoms with Gasteiger partial charge in [0.05, 0.1) is 0 Å². The van der Waals surface area contributed by atoms with Crippen molar-refractivity contribution >= 4 is 31.9 Å². The Morgan fingerprint density at radius 1 is 1.40 bits per heavy atom. The highest BCUT2D eigenvalue weighted by Gasteiger charge is 2.52.